The summed E-state index contributed by atoms with van der Waals surface area (Å²) < 4.78 is 19.5. The van der Waals surface area contributed by atoms with E-state index in [0.717, 1.165) is 63.3 Å². The van der Waals surface area contributed by atoms with Gasteiger partial charge in [0.2, 0.25) is 0 Å². The Hall–Kier alpha value is -2.91. The molecule has 9 heterocycles. The first-order valence-corrected chi connectivity index (χ1v) is 19.7. The molecule has 8 fully saturated rings. The minimum absolute atomic E-state index is 0.0266. The number of piperidine rings is 3. The number of nitrogens with zero attached hydrogens (tertiary/aromatic N) is 3. The number of carbonyl (C=O) groups is 1. The first-order valence-electron chi connectivity index (χ1n) is 19.7. The Morgan fingerprint density at radius 1 is 0.980 bits per heavy atom. The molecular weight excluding hydrogens is 624 g/mol. The van der Waals surface area contributed by atoms with Crippen LogP contribution in [-0.2, 0) is 29.8 Å². The van der Waals surface area contributed by atoms with Crippen LogP contribution in [0.3, 0.4) is 0 Å². The summed E-state index contributed by atoms with van der Waals surface area (Å²) in [6.45, 7) is 8.73. The van der Waals surface area contributed by atoms with Crippen molar-refractivity contribution in [2.24, 2.45) is 22.2 Å². The fourth-order valence-electron chi connectivity index (χ4n) is 16.5. The number of nitrogens with one attached hydrogen (secondary N) is 1. The second kappa shape index (κ2) is 8.82. The Labute approximate surface area is 294 Å². The predicted molar refractivity (Wildman–Crippen MR) is 188 cm³/mol. The van der Waals surface area contributed by atoms with Gasteiger partial charge in [0, 0.05) is 83.1 Å². The first kappa shape index (κ1) is 28.6. The van der Waals surface area contributed by atoms with Gasteiger partial charge in [0.25, 0.3) is 0 Å². The van der Waals surface area contributed by atoms with Crippen molar-refractivity contribution in [3.63, 3.8) is 0 Å². The predicted octanol–water partition coefficient (Wildman–Crippen LogP) is 4.83. The van der Waals surface area contributed by atoms with E-state index >= 15 is 0 Å². The maximum Gasteiger partial charge on any atom is 0.335 e. The third-order valence-electron chi connectivity index (χ3n) is 17.2. The van der Waals surface area contributed by atoms with E-state index in [1.54, 1.807) is 12.7 Å². The minimum Gasteiger partial charge on any atom is -0.466 e. The normalized spacial score (nSPS) is 49.3. The summed E-state index contributed by atoms with van der Waals surface area (Å²) in [5, 5.41) is 3.82. The molecule has 7 saturated heterocycles. The van der Waals surface area contributed by atoms with E-state index in [4.69, 9.17) is 14.2 Å². The molecule has 1 saturated carbocycles. The lowest BCUT2D eigenvalue weighted by atomic mass is 9.44. The summed E-state index contributed by atoms with van der Waals surface area (Å²) in [7, 11) is 1.56. The van der Waals surface area contributed by atoms with Gasteiger partial charge in [-0.2, -0.15) is 0 Å². The number of epoxide rings is 1. The van der Waals surface area contributed by atoms with Crippen molar-refractivity contribution in [2.45, 2.75) is 99.1 Å². The third kappa shape index (κ3) is 2.83. The average Bonchev–Trinajstić information content (AvgIpc) is 3.50. The highest BCUT2D eigenvalue weighted by Gasteiger charge is 2.80. The molecule has 2 aromatic rings. The second-order valence-electron chi connectivity index (χ2n) is 18.5. The van der Waals surface area contributed by atoms with Gasteiger partial charge in [0.1, 0.15) is 0 Å². The molecule has 11 aliphatic rings. The number of hydrogen-bond acceptors (Lipinski definition) is 8. The van der Waals surface area contributed by atoms with Crippen LogP contribution in [0.2, 0.25) is 0 Å². The highest BCUT2D eigenvalue weighted by molar-refractivity contribution is 5.93. The molecular formula is C42H48N4O4. The Kier molecular flexibility index (Phi) is 5.05. The summed E-state index contributed by atoms with van der Waals surface area (Å²) >= 11 is 0. The van der Waals surface area contributed by atoms with Crippen LogP contribution in [0.15, 0.2) is 59.8 Å². The molecule has 4 spiro atoms. The summed E-state index contributed by atoms with van der Waals surface area (Å²) in [6, 6.07) is 19.8. The fraction of sp³-hybridized carbons (Fsp3) is 0.643. The summed E-state index contributed by atoms with van der Waals surface area (Å²) in [6.07, 6.45) is 8.60. The van der Waals surface area contributed by atoms with Gasteiger partial charge in [0.15, 0.2) is 0 Å². The zero-order valence-corrected chi connectivity index (χ0v) is 29.3. The maximum atomic E-state index is 13.9. The highest BCUT2D eigenvalue weighted by Crippen LogP contribution is 2.75. The van der Waals surface area contributed by atoms with Crippen LogP contribution in [0, 0.1) is 22.2 Å². The van der Waals surface area contributed by atoms with Crippen molar-refractivity contribution in [2.75, 3.05) is 56.7 Å². The first-order chi connectivity index (χ1) is 24.4. The molecule has 50 heavy (non-hydrogen) atoms. The van der Waals surface area contributed by atoms with Crippen LogP contribution >= 0.6 is 0 Å². The van der Waals surface area contributed by atoms with Gasteiger partial charge in [-0.3, -0.25) is 9.80 Å². The average molecular weight is 673 g/mol. The smallest absolute Gasteiger partial charge is 0.335 e. The van der Waals surface area contributed by atoms with E-state index < -0.39 is 0 Å². The molecule has 0 aromatic heterocycles. The molecule has 13 rings (SSSR count). The number of carbonyl (C=O) groups excluding carboxylic acids is 1. The van der Waals surface area contributed by atoms with Crippen molar-refractivity contribution >= 4 is 17.3 Å². The van der Waals surface area contributed by atoms with E-state index in [2.05, 4.69) is 75.5 Å². The van der Waals surface area contributed by atoms with Gasteiger partial charge < -0.3 is 24.4 Å². The fourth-order valence-corrected chi connectivity index (χ4v) is 16.5. The van der Waals surface area contributed by atoms with Gasteiger partial charge >= 0.3 is 5.97 Å². The molecule has 2 aliphatic carbocycles. The third-order valence-corrected chi connectivity index (χ3v) is 17.2. The molecule has 2 aromatic carbocycles. The second-order valence-corrected chi connectivity index (χ2v) is 18.5. The lowest BCUT2D eigenvalue weighted by molar-refractivity contribution is -0.170. The Morgan fingerprint density at radius 3 is 2.70 bits per heavy atom. The topological polar surface area (TPSA) is 69.8 Å². The standard InChI is InChI=1S/C42H48N4O4/c1-3-39-19-24-18-38(23-46-29-11-7-5-9-27(29)42(32(24)46)13-15-44(35(39)42)21-30-33(39)50-30)22-45-16-12-41-26-8-4-6-10-28(26)43-31(41)25(34(47)48-2)20-40(36(41)45)14-17-49-37(38)40/h4-11,24,30,32-33,35-37,43H,3,12-23H2,1-2H3/t24-,30-,32+,33-,35+,36+,37+,38-,39-,40+,41+,42+/m1/s1. The monoisotopic (exact) mass is 672 g/mol. The number of anilines is 2. The molecule has 0 radical (unpaired) electrons. The lowest BCUT2D eigenvalue weighted by Crippen LogP contribution is -2.76. The zero-order valence-electron chi connectivity index (χ0n) is 29.3. The Bertz CT molecular complexity index is 1950. The van der Waals surface area contributed by atoms with Crippen LogP contribution in [0.5, 0.6) is 0 Å². The summed E-state index contributed by atoms with van der Waals surface area (Å²) in [5.41, 5.74) is 7.60. The molecule has 1 N–H and O–H groups in total. The van der Waals surface area contributed by atoms with Crippen molar-refractivity contribution in [1.82, 2.24) is 9.80 Å². The number of para-hydroxylation sites is 2. The Morgan fingerprint density at radius 2 is 1.82 bits per heavy atom. The summed E-state index contributed by atoms with van der Waals surface area (Å²) in [5.74, 6) is 0.411. The number of benzene rings is 2. The van der Waals surface area contributed by atoms with Crippen molar-refractivity contribution < 1.29 is 19.0 Å². The van der Waals surface area contributed by atoms with E-state index in [-0.39, 0.29) is 39.1 Å². The molecule has 0 bridgehead atoms. The number of esters is 1. The molecule has 0 amide bonds. The molecule has 9 aliphatic heterocycles. The van der Waals surface area contributed by atoms with Gasteiger partial charge in [-0.15, -0.1) is 0 Å². The van der Waals surface area contributed by atoms with Crippen molar-refractivity contribution in [3.8, 4) is 0 Å². The number of methoxy groups -OCH3 is 1. The quantitative estimate of drug-likeness (QED) is 0.360. The largest absolute Gasteiger partial charge is 0.466 e. The van der Waals surface area contributed by atoms with E-state index in [1.165, 1.54) is 49.2 Å². The number of ether oxygens (including phenoxy) is 3. The van der Waals surface area contributed by atoms with Gasteiger partial charge in [-0.25, -0.2) is 4.79 Å². The van der Waals surface area contributed by atoms with Gasteiger partial charge in [-0.05, 0) is 87.2 Å². The van der Waals surface area contributed by atoms with Crippen molar-refractivity contribution in [1.29, 1.82) is 0 Å². The molecule has 260 valence electrons. The van der Waals surface area contributed by atoms with E-state index in [1.807, 2.05) is 0 Å². The van der Waals surface area contributed by atoms with Crippen LogP contribution in [-0.4, -0.2) is 98.6 Å². The van der Waals surface area contributed by atoms with Crippen LogP contribution in [0.4, 0.5) is 11.4 Å². The van der Waals surface area contributed by atoms with E-state index in [0.29, 0.717) is 36.3 Å². The maximum absolute atomic E-state index is 13.9. The zero-order chi connectivity index (χ0) is 33.0. The van der Waals surface area contributed by atoms with Crippen LogP contribution in [0.1, 0.15) is 63.0 Å². The molecule has 8 heteroatoms. The summed E-state index contributed by atoms with van der Waals surface area (Å²) in [4.78, 5) is 22.7. The van der Waals surface area contributed by atoms with E-state index in [9.17, 15) is 4.79 Å². The molecule has 12 atom stereocenters. The van der Waals surface area contributed by atoms with Crippen LogP contribution in [0.25, 0.3) is 0 Å². The molecule has 0 unspecified atom stereocenters. The van der Waals surface area contributed by atoms with Gasteiger partial charge in [0.05, 0.1) is 36.4 Å². The number of hydrogen-bond donors (Lipinski definition) is 1. The highest BCUT2D eigenvalue weighted by atomic mass is 16.6. The number of rotatable bonds is 2. The van der Waals surface area contributed by atoms with Gasteiger partial charge in [-0.1, -0.05) is 43.3 Å². The molecule has 8 nitrogen and oxygen atoms in total. The van der Waals surface area contributed by atoms with Crippen molar-refractivity contribution in [3.05, 3.63) is 70.9 Å². The number of fused-ring (bicyclic) bond motifs is 6. The Balaban J connectivity index is 0.999. The minimum atomic E-state index is -0.231. The SMILES string of the molecule is CC[C@@]12C[C@H]3C[C@@]4(CN5CC[C@]67C(=C(C(=O)OC)C[C@@]8(CCO[C@@H]48)[C@H]56)Nc4ccccc47)CN4c5ccccc5[C@@]5(CCN(C[C@H]6O[C@H]61)[C@@H]25)[C@H]34. The lowest BCUT2D eigenvalue weighted by Gasteiger charge is -2.68. The van der Waals surface area contributed by atoms with Crippen LogP contribution < -0.4 is 10.2 Å².